The largest absolute Gasteiger partial charge is 0.416 e. The zero-order chi connectivity index (χ0) is 25.3. The van der Waals surface area contributed by atoms with Crippen molar-refractivity contribution in [1.82, 2.24) is 9.80 Å². The van der Waals surface area contributed by atoms with Gasteiger partial charge in [-0.25, -0.2) is 0 Å². The highest BCUT2D eigenvalue weighted by atomic mass is 35.5. The van der Waals surface area contributed by atoms with Crippen LogP contribution in [0.25, 0.3) is 0 Å². The van der Waals surface area contributed by atoms with E-state index in [1.54, 1.807) is 41.4 Å². The molecule has 184 valence electrons. The van der Waals surface area contributed by atoms with Crippen LogP contribution in [0.4, 0.5) is 13.2 Å². The van der Waals surface area contributed by atoms with Crippen molar-refractivity contribution in [3.63, 3.8) is 0 Å². The molecule has 0 fully saturated rings. The topological polar surface area (TPSA) is 40.6 Å². The normalized spacial score (nSPS) is 15.6. The second kappa shape index (κ2) is 10.2. The Morgan fingerprint density at radius 1 is 1.11 bits per heavy atom. The quantitative estimate of drug-likeness (QED) is 0.360. The van der Waals surface area contributed by atoms with Gasteiger partial charge >= 0.3 is 6.18 Å². The average Bonchev–Trinajstić information content (AvgIpc) is 3.30. The van der Waals surface area contributed by atoms with Crippen molar-refractivity contribution in [3.8, 4) is 0 Å². The molecule has 1 aromatic heterocycles. The predicted molar refractivity (Wildman–Crippen MR) is 131 cm³/mol. The average molecular weight is 541 g/mol. The highest BCUT2D eigenvalue weighted by molar-refractivity contribution is 7.10. The van der Waals surface area contributed by atoms with Gasteiger partial charge in [0.2, 0.25) is 5.91 Å². The number of rotatable bonds is 5. The third-order valence-electron chi connectivity index (χ3n) is 5.98. The summed E-state index contributed by atoms with van der Waals surface area (Å²) in [5, 5.41) is 2.86. The minimum absolute atomic E-state index is 0.120. The van der Waals surface area contributed by atoms with E-state index < -0.39 is 23.7 Å². The summed E-state index contributed by atoms with van der Waals surface area (Å²) in [6, 6.07) is 10.8. The van der Waals surface area contributed by atoms with Gasteiger partial charge < -0.3 is 9.80 Å². The summed E-state index contributed by atoms with van der Waals surface area (Å²) in [5.74, 6) is -0.957. The van der Waals surface area contributed by atoms with Gasteiger partial charge in [-0.3, -0.25) is 9.59 Å². The SMILES string of the molecule is CCN(CC(=O)N1CCc2sccc2C1c1ccc(Cl)cc1Cl)C(=O)c1cccc(C(F)(F)F)c1. The molecule has 0 aliphatic carbocycles. The van der Waals surface area contributed by atoms with Crippen LogP contribution in [0.15, 0.2) is 53.9 Å². The lowest BCUT2D eigenvalue weighted by Gasteiger charge is -2.38. The molecule has 4 rings (SSSR count). The zero-order valence-corrected chi connectivity index (χ0v) is 20.9. The van der Waals surface area contributed by atoms with E-state index >= 15 is 0 Å². The van der Waals surface area contributed by atoms with Crippen LogP contribution in [-0.2, 0) is 17.4 Å². The molecule has 1 aliphatic heterocycles. The van der Waals surface area contributed by atoms with Crippen LogP contribution in [0, 0.1) is 0 Å². The molecular formula is C25H21Cl2F3N2O2S. The van der Waals surface area contributed by atoms with E-state index in [0.717, 1.165) is 28.1 Å². The number of hydrogen-bond donors (Lipinski definition) is 0. The fourth-order valence-corrected chi connectivity index (χ4v) is 5.65. The Bertz CT molecular complexity index is 1260. The van der Waals surface area contributed by atoms with Crippen molar-refractivity contribution in [2.24, 2.45) is 0 Å². The number of thiophene rings is 1. The molecule has 2 amide bonds. The van der Waals surface area contributed by atoms with E-state index in [0.29, 0.717) is 23.0 Å². The molecule has 0 bridgehead atoms. The number of alkyl halides is 3. The molecule has 1 aliphatic rings. The van der Waals surface area contributed by atoms with Crippen LogP contribution in [-0.4, -0.2) is 41.2 Å². The second-order valence-corrected chi connectivity index (χ2v) is 9.95. The van der Waals surface area contributed by atoms with Gasteiger partial charge in [-0.15, -0.1) is 11.3 Å². The number of benzene rings is 2. The van der Waals surface area contributed by atoms with E-state index in [-0.39, 0.29) is 24.6 Å². The van der Waals surface area contributed by atoms with Crippen molar-refractivity contribution in [3.05, 3.63) is 91.1 Å². The van der Waals surface area contributed by atoms with E-state index in [4.69, 9.17) is 23.2 Å². The number of carbonyl (C=O) groups excluding carboxylic acids is 2. The fraction of sp³-hybridized carbons (Fsp3) is 0.280. The van der Waals surface area contributed by atoms with Crippen LogP contribution in [0.2, 0.25) is 10.0 Å². The minimum atomic E-state index is -4.57. The summed E-state index contributed by atoms with van der Waals surface area (Å²) in [7, 11) is 0. The lowest BCUT2D eigenvalue weighted by Crippen LogP contribution is -2.46. The summed E-state index contributed by atoms with van der Waals surface area (Å²) in [6.45, 7) is 1.99. The number of hydrogen-bond acceptors (Lipinski definition) is 3. The molecule has 0 radical (unpaired) electrons. The maximum Gasteiger partial charge on any atom is 0.416 e. The Morgan fingerprint density at radius 2 is 1.89 bits per heavy atom. The summed E-state index contributed by atoms with van der Waals surface area (Å²) < 4.78 is 39.4. The zero-order valence-electron chi connectivity index (χ0n) is 18.6. The summed E-state index contributed by atoms with van der Waals surface area (Å²) in [4.78, 5) is 30.6. The first kappa shape index (κ1) is 25.5. The molecule has 2 heterocycles. The molecular weight excluding hydrogens is 520 g/mol. The van der Waals surface area contributed by atoms with Crippen molar-refractivity contribution in [2.75, 3.05) is 19.6 Å². The van der Waals surface area contributed by atoms with Gasteiger partial charge in [-0.2, -0.15) is 13.2 Å². The molecule has 0 spiro atoms. The van der Waals surface area contributed by atoms with E-state index in [9.17, 15) is 22.8 Å². The number of halogens is 5. The first-order valence-electron chi connectivity index (χ1n) is 10.9. The molecule has 3 aromatic rings. The molecule has 2 aromatic carbocycles. The van der Waals surface area contributed by atoms with Crippen LogP contribution >= 0.6 is 34.5 Å². The standard InChI is InChI=1S/C25H21Cl2F3N2O2S/c1-2-31(24(34)15-4-3-5-16(12-15)25(28,29)30)14-22(33)32-10-8-21-19(9-11-35-21)23(32)18-7-6-17(26)13-20(18)27/h3-7,9,11-13,23H,2,8,10,14H2,1H3. The van der Waals surface area contributed by atoms with Crippen molar-refractivity contribution in [2.45, 2.75) is 25.6 Å². The molecule has 0 saturated carbocycles. The van der Waals surface area contributed by atoms with Gasteiger partial charge in [-0.05, 0) is 66.2 Å². The fourth-order valence-electron chi connectivity index (χ4n) is 4.24. The molecule has 1 unspecified atom stereocenters. The third kappa shape index (κ3) is 5.34. The second-order valence-electron chi connectivity index (χ2n) is 8.10. The molecule has 0 N–H and O–H groups in total. The Labute approximate surface area is 214 Å². The molecule has 4 nitrogen and oxygen atoms in total. The lowest BCUT2D eigenvalue weighted by molar-refractivity contribution is -0.137. The number of likely N-dealkylation sites (N-methyl/N-ethyl adjacent to an activating group) is 1. The highest BCUT2D eigenvalue weighted by Gasteiger charge is 2.35. The maximum atomic E-state index is 13.5. The van der Waals surface area contributed by atoms with Gasteiger partial charge in [0.25, 0.3) is 5.91 Å². The van der Waals surface area contributed by atoms with E-state index in [1.807, 2.05) is 11.4 Å². The van der Waals surface area contributed by atoms with Crippen LogP contribution < -0.4 is 0 Å². The van der Waals surface area contributed by atoms with Crippen molar-refractivity contribution in [1.29, 1.82) is 0 Å². The van der Waals surface area contributed by atoms with Gasteiger partial charge in [0.1, 0.15) is 6.54 Å². The number of fused-ring (bicyclic) bond motifs is 1. The van der Waals surface area contributed by atoms with Crippen molar-refractivity contribution < 1.29 is 22.8 Å². The van der Waals surface area contributed by atoms with Crippen LogP contribution in [0.5, 0.6) is 0 Å². The molecule has 35 heavy (non-hydrogen) atoms. The number of carbonyl (C=O) groups is 2. The summed E-state index contributed by atoms with van der Waals surface area (Å²) >= 11 is 14.2. The molecule has 10 heteroatoms. The first-order chi connectivity index (χ1) is 16.6. The third-order valence-corrected chi connectivity index (χ3v) is 7.53. The smallest absolute Gasteiger partial charge is 0.330 e. The highest BCUT2D eigenvalue weighted by Crippen LogP contribution is 2.41. The van der Waals surface area contributed by atoms with Crippen LogP contribution in [0.3, 0.4) is 0 Å². The first-order valence-corrected chi connectivity index (χ1v) is 12.5. The summed E-state index contributed by atoms with van der Waals surface area (Å²) in [5.41, 5.74) is 0.650. The Morgan fingerprint density at radius 3 is 2.57 bits per heavy atom. The van der Waals surface area contributed by atoms with E-state index in [1.165, 1.54) is 17.0 Å². The molecule has 0 saturated heterocycles. The number of nitrogens with zero attached hydrogens (tertiary/aromatic N) is 2. The lowest BCUT2D eigenvalue weighted by atomic mass is 9.93. The predicted octanol–water partition coefficient (Wildman–Crippen LogP) is 6.71. The van der Waals surface area contributed by atoms with Gasteiger partial charge in [0.15, 0.2) is 0 Å². The van der Waals surface area contributed by atoms with E-state index in [2.05, 4.69) is 0 Å². The van der Waals surface area contributed by atoms with Gasteiger partial charge in [0, 0.05) is 33.6 Å². The monoisotopic (exact) mass is 540 g/mol. The maximum absolute atomic E-state index is 13.5. The van der Waals surface area contributed by atoms with Gasteiger partial charge in [-0.1, -0.05) is 35.3 Å². The van der Waals surface area contributed by atoms with Crippen LogP contribution in [0.1, 0.15) is 44.9 Å². The Kier molecular flexibility index (Phi) is 7.45. The Hall–Kier alpha value is -2.55. The van der Waals surface area contributed by atoms with Crippen molar-refractivity contribution >= 4 is 46.4 Å². The Balaban J connectivity index is 1.61. The minimum Gasteiger partial charge on any atom is -0.330 e. The molecule has 1 atom stereocenters. The number of amides is 2. The summed E-state index contributed by atoms with van der Waals surface area (Å²) in [6.07, 6.45) is -3.91. The van der Waals surface area contributed by atoms with Gasteiger partial charge in [0.05, 0.1) is 11.6 Å².